The molecule has 134 valence electrons. The monoisotopic (exact) mass is 338 g/mol. The third-order valence-electron chi connectivity index (χ3n) is 3.08. The molecule has 0 heterocycles. The van der Waals surface area contributed by atoms with Crippen LogP contribution in [-0.4, -0.2) is 23.9 Å². The first-order chi connectivity index (χ1) is 11.0. The smallest absolute Gasteiger partial charge is 0.385 e. The lowest BCUT2D eigenvalue weighted by atomic mass is 10.1. The molecule has 0 amide bonds. The Morgan fingerprint density at radius 3 is 1.42 bits per heavy atom. The van der Waals surface area contributed by atoms with Crippen LogP contribution in [-0.2, 0) is 28.6 Å². The average Bonchev–Trinajstić information content (AvgIpc) is 2.46. The molecule has 0 aromatic heterocycles. The normalized spacial score (nSPS) is 10.4. The molecule has 0 saturated heterocycles. The van der Waals surface area contributed by atoms with Gasteiger partial charge in [0, 0.05) is 16.7 Å². The van der Waals surface area contributed by atoms with Crippen LogP contribution in [0, 0.1) is 0 Å². The number of allylic oxidation sites excluding steroid dienone is 1. The number of hydrogen-bond donors (Lipinski definition) is 0. The molecule has 0 radical (unpaired) electrons. The van der Waals surface area contributed by atoms with Crippen molar-refractivity contribution in [2.75, 3.05) is 0 Å². The van der Waals surface area contributed by atoms with Crippen molar-refractivity contribution < 1.29 is 28.6 Å². The van der Waals surface area contributed by atoms with Crippen molar-refractivity contribution in [1.29, 1.82) is 0 Å². The summed E-state index contributed by atoms with van der Waals surface area (Å²) in [6, 6.07) is 0. The lowest BCUT2D eigenvalue weighted by Gasteiger charge is -2.31. The SMILES string of the molecule is C=C(C)C(=O)OC(CC)(OC(=O)C(=C)C)OC(=O)C(CC)=C(C)C. The van der Waals surface area contributed by atoms with Gasteiger partial charge in [0.2, 0.25) is 0 Å². The highest BCUT2D eigenvalue weighted by molar-refractivity contribution is 5.91. The molecule has 0 aliphatic carbocycles. The Balaban J connectivity index is 5.74. The molecule has 24 heavy (non-hydrogen) atoms. The van der Waals surface area contributed by atoms with Crippen molar-refractivity contribution in [2.24, 2.45) is 0 Å². The predicted molar refractivity (Wildman–Crippen MR) is 89.6 cm³/mol. The first kappa shape index (κ1) is 21.6. The van der Waals surface area contributed by atoms with Crippen molar-refractivity contribution in [3.63, 3.8) is 0 Å². The van der Waals surface area contributed by atoms with Crippen molar-refractivity contribution in [2.45, 2.75) is 60.4 Å². The number of esters is 3. The molecule has 0 rings (SSSR count). The zero-order valence-corrected chi connectivity index (χ0v) is 15.3. The van der Waals surface area contributed by atoms with Gasteiger partial charge in [-0.1, -0.05) is 32.6 Å². The summed E-state index contributed by atoms with van der Waals surface area (Å²) in [5, 5.41) is 0. The van der Waals surface area contributed by atoms with Crippen LogP contribution >= 0.6 is 0 Å². The van der Waals surface area contributed by atoms with Gasteiger partial charge in [-0.2, -0.15) is 0 Å². The van der Waals surface area contributed by atoms with E-state index >= 15 is 0 Å². The third kappa shape index (κ3) is 6.02. The van der Waals surface area contributed by atoms with Crippen LogP contribution in [0.4, 0.5) is 0 Å². The fourth-order valence-corrected chi connectivity index (χ4v) is 1.64. The summed E-state index contributed by atoms with van der Waals surface area (Å²) in [6.07, 6.45) is 0.334. The highest BCUT2D eigenvalue weighted by Gasteiger charge is 2.42. The minimum Gasteiger partial charge on any atom is -0.385 e. The molecule has 6 heteroatoms. The highest BCUT2D eigenvalue weighted by Crippen LogP contribution is 2.26. The molecule has 0 aromatic rings. The number of rotatable bonds is 8. The van der Waals surface area contributed by atoms with Crippen LogP contribution in [0.3, 0.4) is 0 Å². The minimum atomic E-state index is -2.17. The van der Waals surface area contributed by atoms with E-state index in [4.69, 9.17) is 14.2 Å². The van der Waals surface area contributed by atoms with E-state index in [0.29, 0.717) is 12.0 Å². The molecule has 0 saturated carbocycles. The third-order valence-corrected chi connectivity index (χ3v) is 3.08. The molecular weight excluding hydrogens is 312 g/mol. The quantitative estimate of drug-likeness (QED) is 0.382. The molecule has 0 fully saturated rings. The summed E-state index contributed by atoms with van der Waals surface area (Å²) in [4.78, 5) is 36.2. The van der Waals surface area contributed by atoms with Gasteiger partial charge < -0.3 is 14.2 Å². The van der Waals surface area contributed by atoms with Crippen LogP contribution in [0.25, 0.3) is 0 Å². The van der Waals surface area contributed by atoms with Crippen molar-refractivity contribution in [3.8, 4) is 0 Å². The summed E-state index contributed by atoms with van der Waals surface area (Å²) in [6.45, 7) is 16.6. The molecule has 0 atom stereocenters. The molecule has 0 aromatic carbocycles. The molecule has 0 aliphatic heterocycles. The van der Waals surface area contributed by atoms with Gasteiger partial charge in [-0.15, -0.1) is 0 Å². The lowest BCUT2D eigenvalue weighted by Crippen LogP contribution is -2.44. The first-order valence-electron chi connectivity index (χ1n) is 7.67. The maximum absolute atomic E-state index is 12.4. The van der Waals surface area contributed by atoms with Gasteiger partial charge in [-0.25, -0.2) is 14.4 Å². The summed E-state index contributed by atoms with van der Waals surface area (Å²) in [7, 11) is 0. The Morgan fingerprint density at radius 1 is 0.792 bits per heavy atom. The Bertz CT molecular complexity index is 550. The van der Waals surface area contributed by atoms with Crippen LogP contribution in [0.15, 0.2) is 35.5 Å². The Hall–Kier alpha value is -2.37. The van der Waals surface area contributed by atoms with Crippen molar-refractivity contribution >= 4 is 17.9 Å². The predicted octanol–water partition coefficient (Wildman–Crippen LogP) is 3.58. The zero-order valence-electron chi connectivity index (χ0n) is 15.3. The van der Waals surface area contributed by atoms with Gasteiger partial charge in [0.05, 0.1) is 6.42 Å². The van der Waals surface area contributed by atoms with E-state index in [2.05, 4.69) is 13.2 Å². The van der Waals surface area contributed by atoms with Gasteiger partial charge in [0.15, 0.2) is 0 Å². The molecule has 0 unspecified atom stereocenters. The van der Waals surface area contributed by atoms with E-state index in [9.17, 15) is 14.4 Å². The Kier molecular flexibility index (Phi) is 8.16. The van der Waals surface area contributed by atoms with Crippen LogP contribution in [0.5, 0.6) is 0 Å². The topological polar surface area (TPSA) is 78.9 Å². The largest absolute Gasteiger partial charge is 0.423 e. The van der Waals surface area contributed by atoms with Crippen LogP contribution < -0.4 is 0 Å². The Morgan fingerprint density at radius 2 is 1.17 bits per heavy atom. The number of carbonyl (C=O) groups excluding carboxylic acids is 3. The zero-order chi connectivity index (χ0) is 19.1. The van der Waals surface area contributed by atoms with E-state index in [-0.39, 0.29) is 17.6 Å². The van der Waals surface area contributed by atoms with Crippen LogP contribution in [0.1, 0.15) is 54.4 Å². The maximum atomic E-state index is 12.4. The minimum absolute atomic E-state index is 0.0770. The van der Waals surface area contributed by atoms with Crippen LogP contribution in [0.2, 0.25) is 0 Å². The summed E-state index contributed by atoms with van der Waals surface area (Å²) < 4.78 is 15.5. The number of ether oxygens (including phenoxy) is 3. The van der Waals surface area contributed by atoms with E-state index in [1.54, 1.807) is 27.7 Å². The lowest BCUT2D eigenvalue weighted by molar-refractivity contribution is -0.326. The molecule has 0 N–H and O–H groups in total. The van der Waals surface area contributed by atoms with Gasteiger partial charge in [-0.05, 0) is 34.1 Å². The molecular formula is C18H26O6. The second-order valence-electron chi connectivity index (χ2n) is 5.60. The average molecular weight is 338 g/mol. The summed E-state index contributed by atoms with van der Waals surface area (Å²) in [5.74, 6) is -4.56. The molecule has 6 nitrogen and oxygen atoms in total. The van der Waals surface area contributed by atoms with E-state index in [0.717, 1.165) is 5.57 Å². The fraction of sp³-hybridized carbons (Fsp3) is 0.500. The highest BCUT2D eigenvalue weighted by atomic mass is 16.9. The molecule has 0 bridgehead atoms. The van der Waals surface area contributed by atoms with Crippen molar-refractivity contribution in [1.82, 2.24) is 0 Å². The second kappa shape index (κ2) is 9.05. The maximum Gasteiger partial charge on any atom is 0.423 e. The van der Waals surface area contributed by atoms with E-state index < -0.39 is 23.9 Å². The first-order valence-corrected chi connectivity index (χ1v) is 7.67. The Labute approximate surface area is 143 Å². The fourth-order valence-electron chi connectivity index (χ4n) is 1.64. The van der Waals surface area contributed by atoms with E-state index in [1.165, 1.54) is 13.8 Å². The van der Waals surface area contributed by atoms with E-state index in [1.807, 2.05) is 0 Å². The number of carbonyl (C=O) groups is 3. The molecule has 0 spiro atoms. The van der Waals surface area contributed by atoms with Gasteiger partial charge in [0.25, 0.3) is 0 Å². The van der Waals surface area contributed by atoms with Crippen molar-refractivity contribution in [3.05, 3.63) is 35.5 Å². The van der Waals surface area contributed by atoms with Gasteiger partial charge >= 0.3 is 23.9 Å². The molecule has 0 aliphatic rings. The van der Waals surface area contributed by atoms with Gasteiger partial charge in [0.1, 0.15) is 0 Å². The number of hydrogen-bond acceptors (Lipinski definition) is 6. The summed E-state index contributed by atoms with van der Waals surface area (Å²) in [5.41, 5.74) is 1.32. The van der Waals surface area contributed by atoms with Gasteiger partial charge in [-0.3, -0.25) is 0 Å². The summed E-state index contributed by atoms with van der Waals surface area (Å²) >= 11 is 0. The second-order valence-corrected chi connectivity index (χ2v) is 5.60. The standard InChI is InChI=1S/C18H26O6/c1-9-14(11(3)4)17(21)24-18(10-2,22-15(19)12(5)6)23-16(20)13(7)8/h5,7,9-10H2,1-4,6,8H3.